The molecule has 0 unspecified atom stereocenters. The average Bonchev–Trinajstić information content (AvgIpc) is 2.87. The lowest BCUT2D eigenvalue weighted by molar-refractivity contribution is -0.138. The highest BCUT2D eigenvalue weighted by molar-refractivity contribution is 7.62. The maximum atomic E-state index is 13.8. The minimum atomic E-state index is -3.43. The van der Waals surface area contributed by atoms with Crippen LogP contribution in [0.3, 0.4) is 0 Å². The molecule has 0 bridgehead atoms. The molecule has 0 aliphatic rings. The second-order valence-corrected chi connectivity index (χ2v) is 10.7. The molecule has 7 nitrogen and oxygen atoms in total. The van der Waals surface area contributed by atoms with Crippen molar-refractivity contribution in [3.63, 3.8) is 0 Å². The normalized spacial score (nSPS) is 11.2. The van der Waals surface area contributed by atoms with Crippen LogP contribution in [-0.4, -0.2) is 38.4 Å². The molecule has 0 saturated heterocycles. The van der Waals surface area contributed by atoms with Crippen molar-refractivity contribution in [2.75, 3.05) is 26.4 Å². The smallest absolute Gasteiger partial charge is 0.361 e. The van der Waals surface area contributed by atoms with Crippen LogP contribution < -0.4 is 5.30 Å². The SMILES string of the molecule is C=CC(=O)OCCCCCCCOP(=O)(OCCCCCCCOC(=O)C=C)c1cccc(C)c1C. The topological polar surface area (TPSA) is 88.1 Å². The van der Waals surface area contributed by atoms with Crippen molar-refractivity contribution < 1.29 is 32.7 Å². The van der Waals surface area contributed by atoms with E-state index in [4.69, 9.17) is 18.5 Å². The highest BCUT2D eigenvalue weighted by Gasteiger charge is 2.29. The third-order valence-electron chi connectivity index (χ3n) is 5.79. The van der Waals surface area contributed by atoms with E-state index in [0.29, 0.717) is 31.7 Å². The second kappa shape index (κ2) is 19.0. The van der Waals surface area contributed by atoms with E-state index in [1.807, 2.05) is 32.0 Å². The van der Waals surface area contributed by atoms with E-state index in [9.17, 15) is 14.2 Å². The van der Waals surface area contributed by atoms with Gasteiger partial charge in [0.25, 0.3) is 0 Å². The molecule has 0 N–H and O–H groups in total. The van der Waals surface area contributed by atoms with Crippen LogP contribution in [0.5, 0.6) is 0 Å². The summed E-state index contributed by atoms with van der Waals surface area (Å²) in [6, 6.07) is 5.70. The van der Waals surface area contributed by atoms with Crippen molar-refractivity contribution in [2.45, 2.75) is 78.1 Å². The molecule has 36 heavy (non-hydrogen) atoms. The molecule has 1 aromatic carbocycles. The maximum Gasteiger partial charge on any atom is 0.361 e. The molecule has 1 rings (SSSR count). The van der Waals surface area contributed by atoms with Gasteiger partial charge in [0.05, 0.1) is 31.7 Å². The van der Waals surface area contributed by atoms with Crippen LogP contribution >= 0.6 is 7.60 Å². The lowest BCUT2D eigenvalue weighted by Gasteiger charge is -2.21. The van der Waals surface area contributed by atoms with Crippen molar-refractivity contribution >= 4 is 24.8 Å². The zero-order valence-electron chi connectivity index (χ0n) is 22.0. The molecule has 0 radical (unpaired) electrons. The third kappa shape index (κ3) is 13.2. The van der Waals surface area contributed by atoms with Gasteiger partial charge in [0.2, 0.25) is 0 Å². The van der Waals surface area contributed by atoms with E-state index >= 15 is 0 Å². The highest BCUT2D eigenvalue weighted by Crippen LogP contribution is 2.48. The number of ether oxygens (including phenoxy) is 2. The van der Waals surface area contributed by atoms with Crippen LogP contribution in [0.4, 0.5) is 0 Å². The van der Waals surface area contributed by atoms with Gasteiger partial charge in [0.1, 0.15) is 0 Å². The number of benzene rings is 1. The Bertz CT molecular complexity index is 823. The first kappa shape index (κ1) is 31.8. The van der Waals surface area contributed by atoms with Crippen LogP contribution in [0.1, 0.15) is 75.3 Å². The van der Waals surface area contributed by atoms with E-state index in [1.54, 1.807) is 0 Å². The molecule has 0 amide bonds. The van der Waals surface area contributed by atoms with E-state index in [2.05, 4.69) is 13.2 Å². The summed E-state index contributed by atoms with van der Waals surface area (Å²) in [5.74, 6) is -0.783. The van der Waals surface area contributed by atoms with Gasteiger partial charge in [-0.1, -0.05) is 63.8 Å². The first-order valence-electron chi connectivity index (χ1n) is 12.9. The molecule has 0 aliphatic heterocycles. The van der Waals surface area contributed by atoms with Gasteiger partial charge >= 0.3 is 19.5 Å². The summed E-state index contributed by atoms with van der Waals surface area (Å²) >= 11 is 0. The fourth-order valence-corrected chi connectivity index (χ4v) is 5.46. The van der Waals surface area contributed by atoms with Gasteiger partial charge in [0, 0.05) is 12.2 Å². The quantitative estimate of drug-likeness (QED) is 0.0786. The Kier molecular flexibility index (Phi) is 16.8. The Morgan fingerprint density at radius 1 is 0.722 bits per heavy atom. The molecule has 0 atom stereocenters. The van der Waals surface area contributed by atoms with Gasteiger partial charge in [-0.2, -0.15) is 0 Å². The predicted octanol–water partition coefficient (Wildman–Crippen LogP) is 6.51. The number of hydrogen-bond donors (Lipinski definition) is 0. The lowest BCUT2D eigenvalue weighted by Crippen LogP contribution is -2.15. The molecule has 0 spiro atoms. The molecular weight excluding hydrogens is 479 g/mol. The Hall–Kier alpha value is -2.21. The van der Waals surface area contributed by atoms with Crippen LogP contribution in [0.25, 0.3) is 0 Å². The number of unbranched alkanes of at least 4 members (excludes halogenated alkanes) is 8. The van der Waals surface area contributed by atoms with Crippen molar-refractivity contribution in [1.82, 2.24) is 0 Å². The zero-order chi connectivity index (χ0) is 26.7. The molecule has 0 fully saturated rings. The summed E-state index contributed by atoms with van der Waals surface area (Å²) in [6.45, 7) is 12.2. The van der Waals surface area contributed by atoms with Crippen LogP contribution in [0.15, 0.2) is 43.5 Å². The van der Waals surface area contributed by atoms with Gasteiger partial charge in [-0.05, 0) is 56.7 Å². The molecule has 0 heterocycles. The highest BCUT2D eigenvalue weighted by atomic mass is 31.2. The van der Waals surface area contributed by atoms with E-state index in [1.165, 1.54) is 12.2 Å². The third-order valence-corrected chi connectivity index (χ3v) is 7.91. The van der Waals surface area contributed by atoms with E-state index < -0.39 is 19.5 Å². The summed E-state index contributed by atoms with van der Waals surface area (Å²) in [7, 11) is -3.43. The molecule has 0 aliphatic carbocycles. The summed E-state index contributed by atoms with van der Waals surface area (Å²) < 4.78 is 35.5. The first-order chi connectivity index (χ1) is 17.3. The fraction of sp³-hybridized carbons (Fsp3) is 0.571. The van der Waals surface area contributed by atoms with E-state index in [-0.39, 0.29) is 0 Å². The van der Waals surface area contributed by atoms with Crippen LogP contribution in [0.2, 0.25) is 0 Å². The summed E-state index contributed by atoms with van der Waals surface area (Å²) in [4.78, 5) is 22.0. The molecule has 0 aromatic heterocycles. The van der Waals surface area contributed by atoms with Gasteiger partial charge in [-0.15, -0.1) is 0 Å². The molecule has 8 heteroatoms. The van der Waals surface area contributed by atoms with Crippen LogP contribution in [-0.2, 0) is 32.7 Å². The van der Waals surface area contributed by atoms with Crippen LogP contribution in [0, 0.1) is 13.8 Å². The zero-order valence-corrected chi connectivity index (χ0v) is 22.9. The monoisotopic (exact) mass is 522 g/mol. The van der Waals surface area contributed by atoms with E-state index in [0.717, 1.165) is 75.3 Å². The fourth-order valence-electron chi connectivity index (χ4n) is 3.51. The number of hydrogen-bond acceptors (Lipinski definition) is 7. The Balaban J connectivity index is 2.40. The van der Waals surface area contributed by atoms with Gasteiger partial charge < -0.3 is 18.5 Å². The van der Waals surface area contributed by atoms with Crippen molar-refractivity contribution in [3.8, 4) is 0 Å². The predicted molar refractivity (Wildman–Crippen MR) is 144 cm³/mol. The van der Waals surface area contributed by atoms with Gasteiger partial charge in [-0.25, -0.2) is 9.59 Å². The second-order valence-electron chi connectivity index (χ2n) is 8.66. The first-order valence-corrected chi connectivity index (χ1v) is 14.4. The minimum absolute atomic E-state index is 0.361. The largest absolute Gasteiger partial charge is 0.463 e. The molecular formula is C28H43O7P. The van der Waals surface area contributed by atoms with Gasteiger partial charge in [-0.3, -0.25) is 4.57 Å². The van der Waals surface area contributed by atoms with Crippen molar-refractivity contribution in [2.24, 2.45) is 0 Å². The summed E-state index contributed by atoms with van der Waals surface area (Å²) in [5.41, 5.74) is 1.98. The molecule has 0 saturated carbocycles. The number of carbonyl (C=O) groups excluding carboxylic acids is 2. The molecule has 1 aromatic rings. The standard InChI is InChI=1S/C28H43O7P/c1-5-27(29)32-20-13-9-7-11-15-22-34-36(31,26-19-17-18-24(3)25(26)4)35-23-16-12-8-10-14-21-33-28(30)6-2/h5-6,17-19H,1-2,7-16,20-23H2,3-4H3. The lowest BCUT2D eigenvalue weighted by atomic mass is 10.1. The van der Waals surface area contributed by atoms with Crippen molar-refractivity contribution in [1.29, 1.82) is 0 Å². The Labute approximate surface area is 216 Å². The van der Waals surface area contributed by atoms with Gasteiger partial charge in [0.15, 0.2) is 0 Å². The Morgan fingerprint density at radius 3 is 1.58 bits per heavy atom. The van der Waals surface area contributed by atoms with Crippen molar-refractivity contribution in [3.05, 3.63) is 54.6 Å². The molecule has 202 valence electrons. The minimum Gasteiger partial charge on any atom is -0.463 e. The number of esters is 2. The number of carbonyl (C=O) groups is 2. The Morgan fingerprint density at radius 2 is 1.14 bits per heavy atom. The number of rotatable bonds is 21. The average molecular weight is 523 g/mol. The number of aryl methyl sites for hydroxylation is 1. The summed E-state index contributed by atoms with van der Waals surface area (Å²) in [5, 5.41) is 0.635. The maximum absolute atomic E-state index is 13.8. The summed E-state index contributed by atoms with van der Waals surface area (Å²) in [6.07, 6.45) is 11.2.